The molecule has 130 valence electrons. The molecule has 1 amide bonds. The van der Waals surface area contributed by atoms with Crippen LogP contribution in [0.4, 0.5) is 17.2 Å². The van der Waals surface area contributed by atoms with Crippen LogP contribution in [0.15, 0.2) is 66.9 Å². The number of nitrogens with zero attached hydrogens (tertiary/aromatic N) is 2. The molecular formula is C22H21N3O. The maximum atomic E-state index is 12.3. The average Bonchev–Trinajstić information content (AvgIpc) is 2.69. The number of anilines is 3. The van der Waals surface area contributed by atoms with E-state index in [1.807, 2.05) is 43.3 Å². The molecule has 1 aliphatic heterocycles. The molecule has 1 aliphatic rings. The van der Waals surface area contributed by atoms with Crippen molar-refractivity contribution in [2.24, 2.45) is 0 Å². The van der Waals surface area contributed by atoms with E-state index in [1.54, 1.807) is 6.20 Å². The number of rotatable bonds is 3. The molecule has 0 radical (unpaired) electrons. The summed E-state index contributed by atoms with van der Waals surface area (Å²) in [6.07, 6.45) is 3.95. The molecule has 0 bridgehead atoms. The first-order valence-corrected chi connectivity index (χ1v) is 8.90. The van der Waals surface area contributed by atoms with E-state index in [0.29, 0.717) is 11.3 Å². The minimum absolute atomic E-state index is 0.122. The van der Waals surface area contributed by atoms with E-state index in [1.165, 1.54) is 11.3 Å². The second kappa shape index (κ2) is 7.00. The zero-order valence-electron chi connectivity index (χ0n) is 14.8. The van der Waals surface area contributed by atoms with Crippen LogP contribution in [0.1, 0.15) is 27.9 Å². The van der Waals surface area contributed by atoms with Crippen LogP contribution < -0.4 is 10.2 Å². The van der Waals surface area contributed by atoms with Crippen molar-refractivity contribution in [1.82, 2.24) is 4.98 Å². The van der Waals surface area contributed by atoms with Gasteiger partial charge in [-0.25, -0.2) is 4.98 Å². The lowest BCUT2D eigenvalue weighted by atomic mass is 10.0. The van der Waals surface area contributed by atoms with E-state index >= 15 is 0 Å². The SMILES string of the molecule is Cc1ccc(C(=O)Nc2ccc(N3CCCc4ccccc43)nc2)cc1. The summed E-state index contributed by atoms with van der Waals surface area (Å²) in [7, 11) is 0. The zero-order valence-corrected chi connectivity index (χ0v) is 14.8. The fraction of sp³-hybridized carbons (Fsp3) is 0.182. The van der Waals surface area contributed by atoms with Gasteiger partial charge in [-0.1, -0.05) is 35.9 Å². The molecule has 1 N–H and O–H groups in total. The van der Waals surface area contributed by atoms with Crippen LogP contribution in [-0.2, 0) is 6.42 Å². The predicted octanol–water partition coefficient (Wildman–Crippen LogP) is 4.73. The van der Waals surface area contributed by atoms with Crippen molar-refractivity contribution in [3.8, 4) is 0 Å². The van der Waals surface area contributed by atoms with Gasteiger partial charge in [-0.3, -0.25) is 4.79 Å². The Morgan fingerprint density at radius 3 is 2.62 bits per heavy atom. The Morgan fingerprint density at radius 2 is 1.85 bits per heavy atom. The number of aryl methyl sites for hydroxylation is 2. The van der Waals surface area contributed by atoms with Gasteiger partial charge in [-0.05, 0) is 55.7 Å². The van der Waals surface area contributed by atoms with E-state index < -0.39 is 0 Å². The van der Waals surface area contributed by atoms with Gasteiger partial charge < -0.3 is 10.2 Å². The second-order valence-electron chi connectivity index (χ2n) is 6.61. The van der Waals surface area contributed by atoms with E-state index in [9.17, 15) is 4.79 Å². The number of hydrogen-bond donors (Lipinski definition) is 1. The van der Waals surface area contributed by atoms with Crippen LogP contribution in [0, 0.1) is 6.92 Å². The van der Waals surface area contributed by atoms with Gasteiger partial charge in [0, 0.05) is 17.8 Å². The second-order valence-corrected chi connectivity index (χ2v) is 6.61. The van der Waals surface area contributed by atoms with Crippen molar-refractivity contribution in [3.05, 3.63) is 83.6 Å². The Bertz CT molecular complexity index is 917. The van der Waals surface area contributed by atoms with Crippen LogP contribution >= 0.6 is 0 Å². The van der Waals surface area contributed by atoms with E-state index in [2.05, 4.69) is 39.5 Å². The fourth-order valence-corrected chi connectivity index (χ4v) is 3.30. The lowest BCUT2D eigenvalue weighted by Crippen LogP contribution is -2.25. The van der Waals surface area contributed by atoms with Crippen LogP contribution in [0.3, 0.4) is 0 Å². The van der Waals surface area contributed by atoms with Gasteiger partial charge in [-0.15, -0.1) is 0 Å². The molecule has 26 heavy (non-hydrogen) atoms. The molecule has 4 heteroatoms. The fourth-order valence-electron chi connectivity index (χ4n) is 3.30. The van der Waals surface area contributed by atoms with Gasteiger partial charge in [0.25, 0.3) is 5.91 Å². The lowest BCUT2D eigenvalue weighted by Gasteiger charge is -2.30. The molecule has 2 heterocycles. The summed E-state index contributed by atoms with van der Waals surface area (Å²) in [6.45, 7) is 2.96. The number of para-hydroxylation sites is 1. The zero-order chi connectivity index (χ0) is 17.9. The third-order valence-electron chi connectivity index (χ3n) is 4.71. The molecular weight excluding hydrogens is 322 g/mol. The van der Waals surface area contributed by atoms with Crippen LogP contribution in [-0.4, -0.2) is 17.4 Å². The van der Waals surface area contributed by atoms with Crippen molar-refractivity contribution in [1.29, 1.82) is 0 Å². The Labute approximate surface area is 153 Å². The molecule has 0 unspecified atom stereocenters. The number of nitrogens with one attached hydrogen (secondary N) is 1. The Kier molecular flexibility index (Phi) is 4.40. The third-order valence-corrected chi connectivity index (χ3v) is 4.71. The number of benzene rings is 2. The highest BCUT2D eigenvalue weighted by atomic mass is 16.1. The molecule has 2 aromatic carbocycles. The third kappa shape index (κ3) is 3.31. The Balaban J connectivity index is 1.51. The standard InChI is InChI=1S/C22H21N3O/c1-16-8-10-18(11-9-16)22(26)24-19-12-13-21(23-15-19)25-14-4-6-17-5-2-3-7-20(17)25/h2-3,5,7-13,15H,4,6,14H2,1H3,(H,24,26). The molecule has 4 nitrogen and oxygen atoms in total. The Hall–Kier alpha value is -3.14. The number of aromatic nitrogens is 1. The molecule has 0 saturated carbocycles. The first kappa shape index (κ1) is 16.3. The van der Waals surface area contributed by atoms with Gasteiger partial charge in [0.1, 0.15) is 5.82 Å². The number of amides is 1. The van der Waals surface area contributed by atoms with Gasteiger partial charge in [0.15, 0.2) is 0 Å². The average molecular weight is 343 g/mol. The smallest absolute Gasteiger partial charge is 0.255 e. The van der Waals surface area contributed by atoms with Gasteiger partial charge in [0.2, 0.25) is 0 Å². The quantitative estimate of drug-likeness (QED) is 0.748. The molecule has 0 spiro atoms. The van der Waals surface area contributed by atoms with Crippen LogP contribution in [0.2, 0.25) is 0 Å². The Morgan fingerprint density at radius 1 is 1.04 bits per heavy atom. The highest BCUT2D eigenvalue weighted by Crippen LogP contribution is 2.32. The van der Waals surface area contributed by atoms with Gasteiger partial charge in [0.05, 0.1) is 11.9 Å². The summed E-state index contributed by atoms with van der Waals surface area (Å²) < 4.78 is 0. The largest absolute Gasteiger partial charge is 0.326 e. The first-order chi connectivity index (χ1) is 12.7. The summed E-state index contributed by atoms with van der Waals surface area (Å²) in [4.78, 5) is 19.1. The maximum Gasteiger partial charge on any atom is 0.255 e. The van der Waals surface area contributed by atoms with Crippen LogP contribution in [0.5, 0.6) is 0 Å². The molecule has 0 fully saturated rings. The monoisotopic (exact) mass is 343 g/mol. The number of carbonyl (C=O) groups excluding carboxylic acids is 1. The normalized spacial score (nSPS) is 13.2. The molecule has 0 atom stereocenters. The summed E-state index contributed by atoms with van der Waals surface area (Å²) >= 11 is 0. The van der Waals surface area contributed by atoms with Crippen LogP contribution in [0.25, 0.3) is 0 Å². The van der Waals surface area contributed by atoms with E-state index in [-0.39, 0.29) is 5.91 Å². The summed E-state index contributed by atoms with van der Waals surface area (Å²) in [5.41, 5.74) is 5.06. The molecule has 3 aromatic rings. The molecule has 4 rings (SSSR count). The van der Waals surface area contributed by atoms with Crippen molar-refractivity contribution >= 4 is 23.1 Å². The molecule has 0 aliphatic carbocycles. The summed E-state index contributed by atoms with van der Waals surface area (Å²) in [5, 5.41) is 2.91. The minimum atomic E-state index is -0.122. The number of pyridine rings is 1. The van der Waals surface area contributed by atoms with Gasteiger partial charge >= 0.3 is 0 Å². The molecule has 1 aromatic heterocycles. The van der Waals surface area contributed by atoms with Crippen molar-refractivity contribution in [2.75, 3.05) is 16.8 Å². The topological polar surface area (TPSA) is 45.2 Å². The summed E-state index contributed by atoms with van der Waals surface area (Å²) in [6, 6.07) is 19.9. The van der Waals surface area contributed by atoms with Crippen molar-refractivity contribution in [2.45, 2.75) is 19.8 Å². The van der Waals surface area contributed by atoms with E-state index in [4.69, 9.17) is 0 Å². The highest BCUT2D eigenvalue weighted by Gasteiger charge is 2.18. The van der Waals surface area contributed by atoms with Gasteiger partial charge in [-0.2, -0.15) is 0 Å². The van der Waals surface area contributed by atoms with Crippen molar-refractivity contribution < 1.29 is 4.79 Å². The summed E-state index contributed by atoms with van der Waals surface area (Å²) in [5.74, 6) is 0.786. The lowest BCUT2D eigenvalue weighted by molar-refractivity contribution is 0.102. The number of fused-ring (bicyclic) bond motifs is 1. The van der Waals surface area contributed by atoms with Crippen molar-refractivity contribution in [3.63, 3.8) is 0 Å². The predicted molar refractivity (Wildman–Crippen MR) is 105 cm³/mol. The minimum Gasteiger partial charge on any atom is -0.326 e. The molecule has 0 saturated heterocycles. The first-order valence-electron chi connectivity index (χ1n) is 8.90. The van der Waals surface area contributed by atoms with E-state index in [0.717, 1.165) is 30.8 Å². The number of hydrogen-bond acceptors (Lipinski definition) is 3. The maximum absolute atomic E-state index is 12.3. The number of carbonyl (C=O) groups is 1. The highest BCUT2D eigenvalue weighted by molar-refractivity contribution is 6.04.